The Hall–Kier alpha value is -1.30. The summed E-state index contributed by atoms with van der Waals surface area (Å²) < 4.78 is 5.87. The average Bonchev–Trinajstić information content (AvgIpc) is 3.23. The van der Waals surface area contributed by atoms with E-state index in [4.69, 9.17) is 16.0 Å². The monoisotopic (exact) mass is 369 g/mol. The molecule has 2 aliphatic heterocycles. The Morgan fingerprint density at radius 3 is 2.79 bits per heavy atom. The first-order valence-electron chi connectivity index (χ1n) is 8.29. The number of hydrogen-bond donors (Lipinski definition) is 1. The number of carbonyl (C=O) groups is 1. The maximum atomic E-state index is 12.4. The molecule has 2 aromatic rings. The van der Waals surface area contributed by atoms with Gasteiger partial charge in [-0.15, -0.1) is 12.4 Å². The van der Waals surface area contributed by atoms with E-state index in [1.807, 2.05) is 23.1 Å². The molecule has 2 fully saturated rings. The fourth-order valence-corrected chi connectivity index (χ4v) is 3.72. The number of aromatic nitrogens is 1. The maximum absolute atomic E-state index is 12.4. The van der Waals surface area contributed by atoms with Crippen LogP contribution in [-0.4, -0.2) is 41.5 Å². The van der Waals surface area contributed by atoms with Crippen molar-refractivity contribution in [3.05, 3.63) is 29.1 Å². The van der Waals surface area contributed by atoms with Crippen LogP contribution in [0.25, 0.3) is 11.1 Å². The first-order chi connectivity index (χ1) is 11.2. The number of fused-ring (bicyclic) bond motifs is 1. The van der Waals surface area contributed by atoms with Crippen molar-refractivity contribution in [2.45, 2.75) is 37.6 Å². The number of nitrogens with zero attached hydrogens (tertiary/aromatic N) is 2. The molecule has 1 N–H and O–H groups in total. The van der Waals surface area contributed by atoms with Crippen molar-refractivity contribution in [2.24, 2.45) is 0 Å². The highest BCUT2D eigenvalue weighted by molar-refractivity contribution is 6.31. The van der Waals surface area contributed by atoms with Gasteiger partial charge in [-0.1, -0.05) is 11.6 Å². The lowest BCUT2D eigenvalue weighted by Crippen LogP contribution is -2.46. The number of likely N-dealkylation sites (tertiary alicyclic amines) is 1. The van der Waals surface area contributed by atoms with E-state index in [-0.39, 0.29) is 30.3 Å². The molecule has 1 aromatic heterocycles. The molecule has 2 aliphatic rings. The Bertz CT molecular complexity index is 720. The van der Waals surface area contributed by atoms with Crippen molar-refractivity contribution < 1.29 is 9.21 Å². The van der Waals surface area contributed by atoms with E-state index in [1.54, 1.807) is 0 Å². The minimum atomic E-state index is 0. The van der Waals surface area contributed by atoms with Crippen LogP contribution in [0.4, 0.5) is 0 Å². The van der Waals surface area contributed by atoms with Crippen molar-refractivity contribution in [1.82, 2.24) is 15.2 Å². The predicted molar refractivity (Wildman–Crippen MR) is 95.8 cm³/mol. The fraction of sp³-hybridized carbons (Fsp3) is 0.529. The number of carbonyl (C=O) groups excluding carboxylic acids is 1. The van der Waals surface area contributed by atoms with Crippen molar-refractivity contribution in [3.8, 4) is 0 Å². The second-order valence-corrected chi connectivity index (χ2v) is 6.85. The lowest BCUT2D eigenvalue weighted by Gasteiger charge is -2.32. The Labute approximate surface area is 152 Å². The highest BCUT2D eigenvalue weighted by atomic mass is 35.5. The van der Waals surface area contributed by atoms with Gasteiger partial charge in [0.2, 0.25) is 5.91 Å². The smallest absolute Gasteiger partial charge is 0.239 e. The van der Waals surface area contributed by atoms with Gasteiger partial charge in [0.15, 0.2) is 11.5 Å². The minimum Gasteiger partial charge on any atom is -0.440 e. The van der Waals surface area contributed by atoms with Gasteiger partial charge in [-0.05, 0) is 50.4 Å². The van der Waals surface area contributed by atoms with Gasteiger partial charge in [-0.3, -0.25) is 4.79 Å². The molecule has 0 unspecified atom stereocenters. The number of nitrogens with one attached hydrogen (secondary N) is 1. The number of halogens is 2. The summed E-state index contributed by atoms with van der Waals surface area (Å²) in [5.74, 6) is 1.31. The van der Waals surface area contributed by atoms with Crippen LogP contribution in [0.1, 0.15) is 37.5 Å². The molecule has 4 rings (SSSR count). The van der Waals surface area contributed by atoms with E-state index >= 15 is 0 Å². The maximum Gasteiger partial charge on any atom is 0.239 e. The molecule has 0 saturated carbocycles. The number of rotatable bonds is 2. The highest BCUT2D eigenvalue weighted by Crippen LogP contribution is 2.31. The number of amides is 1. The third-order valence-electron chi connectivity index (χ3n) is 4.88. The lowest BCUT2D eigenvalue weighted by molar-refractivity contribution is -0.134. The van der Waals surface area contributed by atoms with Gasteiger partial charge < -0.3 is 14.6 Å². The summed E-state index contributed by atoms with van der Waals surface area (Å²) in [5.41, 5.74) is 1.58. The van der Waals surface area contributed by atoms with Gasteiger partial charge in [0.05, 0.1) is 6.04 Å². The van der Waals surface area contributed by atoms with Crippen LogP contribution in [0.3, 0.4) is 0 Å². The van der Waals surface area contributed by atoms with E-state index in [0.29, 0.717) is 5.02 Å². The zero-order valence-corrected chi connectivity index (χ0v) is 14.9. The van der Waals surface area contributed by atoms with Gasteiger partial charge in [0.1, 0.15) is 5.52 Å². The van der Waals surface area contributed by atoms with Crippen LogP contribution in [0.5, 0.6) is 0 Å². The first-order valence-corrected chi connectivity index (χ1v) is 8.66. The summed E-state index contributed by atoms with van der Waals surface area (Å²) in [6, 6.07) is 5.53. The SMILES string of the molecule is Cl.O=C([C@@H]1CCCN1)N1CCC(c2nc3cc(Cl)ccc3o2)CC1. The normalized spacial score (nSPS) is 21.9. The molecule has 0 aliphatic carbocycles. The molecule has 24 heavy (non-hydrogen) atoms. The Morgan fingerprint density at radius 1 is 1.29 bits per heavy atom. The molecule has 0 radical (unpaired) electrons. The van der Waals surface area contributed by atoms with Crippen molar-refractivity contribution >= 4 is 41.0 Å². The number of hydrogen-bond acceptors (Lipinski definition) is 4. The largest absolute Gasteiger partial charge is 0.440 e. The van der Waals surface area contributed by atoms with Crippen LogP contribution in [0.2, 0.25) is 5.02 Å². The highest BCUT2D eigenvalue weighted by Gasteiger charge is 2.31. The van der Waals surface area contributed by atoms with Crippen LogP contribution in [0, 0.1) is 0 Å². The van der Waals surface area contributed by atoms with Gasteiger partial charge >= 0.3 is 0 Å². The summed E-state index contributed by atoms with van der Waals surface area (Å²) in [5, 5.41) is 3.95. The Morgan fingerprint density at radius 2 is 2.08 bits per heavy atom. The number of benzene rings is 1. The first kappa shape index (κ1) is 17.5. The third kappa shape index (κ3) is 3.39. The summed E-state index contributed by atoms with van der Waals surface area (Å²) in [7, 11) is 0. The molecule has 1 amide bonds. The zero-order chi connectivity index (χ0) is 15.8. The molecule has 1 atom stereocenters. The molecule has 3 heterocycles. The zero-order valence-electron chi connectivity index (χ0n) is 13.3. The molecule has 130 valence electrons. The molecule has 0 bridgehead atoms. The summed E-state index contributed by atoms with van der Waals surface area (Å²) in [4.78, 5) is 19.0. The Kier molecular flexibility index (Phi) is 5.33. The minimum absolute atomic E-state index is 0. The molecule has 7 heteroatoms. The van der Waals surface area contributed by atoms with Gasteiger partial charge in [-0.25, -0.2) is 4.98 Å². The van der Waals surface area contributed by atoms with Crippen LogP contribution >= 0.6 is 24.0 Å². The van der Waals surface area contributed by atoms with Gasteiger partial charge in [-0.2, -0.15) is 0 Å². The molecular weight excluding hydrogens is 349 g/mol. The van der Waals surface area contributed by atoms with Gasteiger partial charge in [0, 0.05) is 24.0 Å². The number of piperidine rings is 1. The standard InChI is InChI=1S/C17H20ClN3O2.ClH/c18-12-3-4-15-14(10-12)20-16(23-15)11-5-8-21(9-6-11)17(22)13-2-1-7-19-13;/h3-4,10-11,13,19H,1-2,5-9H2;1H/t13-;/m0./s1. The van der Waals surface area contributed by atoms with E-state index in [2.05, 4.69) is 10.3 Å². The van der Waals surface area contributed by atoms with E-state index in [9.17, 15) is 4.79 Å². The third-order valence-corrected chi connectivity index (χ3v) is 5.12. The van der Waals surface area contributed by atoms with E-state index in [1.165, 1.54) is 0 Å². The lowest BCUT2D eigenvalue weighted by atomic mass is 9.96. The van der Waals surface area contributed by atoms with Crippen LogP contribution < -0.4 is 5.32 Å². The molecule has 0 spiro atoms. The average molecular weight is 370 g/mol. The molecule has 2 saturated heterocycles. The predicted octanol–water partition coefficient (Wildman–Crippen LogP) is 3.36. The van der Waals surface area contributed by atoms with E-state index in [0.717, 1.165) is 62.3 Å². The quantitative estimate of drug-likeness (QED) is 0.881. The fourth-order valence-electron chi connectivity index (χ4n) is 3.56. The van der Waals surface area contributed by atoms with Crippen molar-refractivity contribution in [1.29, 1.82) is 0 Å². The summed E-state index contributed by atoms with van der Waals surface area (Å²) in [6.45, 7) is 2.51. The topological polar surface area (TPSA) is 58.4 Å². The van der Waals surface area contributed by atoms with E-state index < -0.39 is 0 Å². The molecule has 5 nitrogen and oxygen atoms in total. The van der Waals surface area contributed by atoms with Crippen LogP contribution in [-0.2, 0) is 4.79 Å². The summed E-state index contributed by atoms with van der Waals surface area (Å²) in [6.07, 6.45) is 3.86. The molecular formula is C17H21Cl2N3O2. The molecule has 1 aromatic carbocycles. The van der Waals surface area contributed by atoms with Crippen LogP contribution in [0.15, 0.2) is 22.6 Å². The van der Waals surface area contributed by atoms with Crippen molar-refractivity contribution in [3.63, 3.8) is 0 Å². The second kappa shape index (κ2) is 7.30. The second-order valence-electron chi connectivity index (χ2n) is 6.41. The Balaban J connectivity index is 0.00000169. The van der Waals surface area contributed by atoms with Gasteiger partial charge in [0.25, 0.3) is 0 Å². The number of oxazole rings is 1. The van der Waals surface area contributed by atoms with Crippen molar-refractivity contribution in [2.75, 3.05) is 19.6 Å². The summed E-state index contributed by atoms with van der Waals surface area (Å²) >= 11 is 6.00.